The first-order valence-electron chi connectivity index (χ1n) is 9.48. The quantitative estimate of drug-likeness (QED) is 0.434. The van der Waals surface area contributed by atoms with Gasteiger partial charge in [0.2, 0.25) is 0 Å². The molecule has 0 amide bonds. The first-order valence-corrected chi connectivity index (χ1v) is 10.3. The highest BCUT2D eigenvalue weighted by Gasteiger charge is 2.07. The van der Waals surface area contributed by atoms with E-state index in [1.165, 1.54) is 17.4 Å². The Morgan fingerprint density at radius 1 is 1.16 bits per heavy atom. The van der Waals surface area contributed by atoms with Gasteiger partial charge in [0.15, 0.2) is 17.3 Å². The summed E-state index contributed by atoms with van der Waals surface area (Å²) in [6, 6.07) is 12.1. The number of carbonyl (C=O) groups is 1. The van der Waals surface area contributed by atoms with Crippen molar-refractivity contribution in [1.82, 2.24) is 4.98 Å². The molecule has 0 saturated carbocycles. The summed E-state index contributed by atoms with van der Waals surface area (Å²) in [6.45, 7) is 2.46. The summed E-state index contributed by atoms with van der Waals surface area (Å²) in [7, 11) is 1.56. The van der Waals surface area contributed by atoms with E-state index in [1.54, 1.807) is 55.7 Å². The average Bonchev–Trinajstić information content (AvgIpc) is 3.11. The summed E-state index contributed by atoms with van der Waals surface area (Å²) < 4.78 is 17.1. The molecule has 0 fully saturated rings. The number of rotatable bonds is 8. The van der Waals surface area contributed by atoms with Crippen molar-refractivity contribution in [1.29, 1.82) is 0 Å². The zero-order chi connectivity index (χ0) is 22.2. The van der Waals surface area contributed by atoms with Crippen LogP contribution >= 0.6 is 11.3 Å². The van der Waals surface area contributed by atoms with Crippen LogP contribution in [0.1, 0.15) is 22.8 Å². The van der Waals surface area contributed by atoms with Crippen LogP contribution in [-0.2, 0) is 0 Å². The predicted octanol–water partition coefficient (Wildman–Crippen LogP) is 2.35. The first kappa shape index (κ1) is 21.9. The minimum absolute atomic E-state index is 0.134. The molecular formula is C24H21NO5S. The lowest BCUT2D eigenvalue weighted by Crippen LogP contribution is -2.20. The number of aromatic amines is 1. The Bertz CT molecular complexity index is 1280. The van der Waals surface area contributed by atoms with Crippen LogP contribution in [0.2, 0.25) is 0 Å². The minimum Gasteiger partial charge on any atom is -0.497 e. The number of aromatic nitrogens is 1. The monoisotopic (exact) mass is 435 g/mol. The van der Waals surface area contributed by atoms with Gasteiger partial charge in [0.05, 0.1) is 22.9 Å². The Morgan fingerprint density at radius 3 is 2.61 bits per heavy atom. The van der Waals surface area contributed by atoms with Crippen molar-refractivity contribution in [2.45, 2.75) is 6.92 Å². The van der Waals surface area contributed by atoms with Crippen molar-refractivity contribution in [2.75, 3.05) is 20.3 Å². The van der Waals surface area contributed by atoms with E-state index in [2.05, 4.69) is 10.9 Å². The number of carbonyl (C=O) groups excluding carboxylic acids is 1. The van der Waals surface area contributed by atoms with E-state index < -0.39 is 0 Å². The third-order valence-electron chi connectivity index (χ3n) is 4.19. The molecule has 0 bridgehead atoms. The number of nitrogens with one attached hydrogen (secondary N) is 1. The van der Waals surface area contributed by atoms with Crippen LogP contribution < -0.4 is 29.0 Å². The van der Waals surface area contributed by atoms with Crippen molar-refractivity contribution < 1.29 is 19.0 Å². The number of ether oxygens (including phenoxy) is 3. The molecule has 0 aliphatic heterocycles. The Morgan fingerprint density at radius 2 is 1.94 bits per heavy atom. The zero-order valence-corrected chi connectivity index (χ0v) is 18.0. The number of Topliss-reactive ketones (excluding diaryl/α,β-unsaturated/α-hetero) is 1. The molecule has 158 valence electrons. The van der Waals surface area contributed by atoms with Gasteiger partial charge in [0.25, 0.3) is 5.56 Å². The SMILES string of the molecule is C#CCOc1ccc(/C=c2\s/c(=C\C(=O)c3ccc(OC)cc3)[nH]c2=O)cc1OCC. The van der Waals surface area contributed by atoms with Gasteiger partial charge in [-0.15, -0.1) is 17.8 Å². The molecule has 1 heterocycles. The molecule has 0 unspecified atom stereocenters. The zero-order valence-electron chi connectivity index (χ0n) is 17.1. The highest BCUT2D eigenvalue weighted by Crippen LogP contribution is 2.28. The molecular weight excluding hydrogens is 414 g/mol. The summed E-state index contributed by atoms with van der Waals surface area (Å²) in [4.78, 5) is 27.5. The average molecular weight is 436 g/mol. The van der Waals surface area contributed by atoms with Gasteiger partial charge in [-0.2, -0.15) is 0 Å². The standard InChI is InChI=1S/C24H21NO5S/c1-4-12-30-20-11-6-16(13-21(20)29-5-2)14-22-24(27)25-23(31-22)15-19(26)17-7-9-18(28-3)10-8-17/h1,6-11,13-15H,5,12H2,2-3H3,(H,25,27)/b22-14-,23-15-. The highest BCUT2D eigenvalue weighted by molar-refractivity contribution is 7.07. The van der Waals surface area contributed by atoms with Crippen LogP contribution in [-0.4, -0.2) is 31.1 Å². The third-order valence-corrected chi connectivity index (χ3v) is 5.16. The fourth-order valence-electron chi connectivity index (χ4n) is 2.75. The summed E-state index contributed by atoms with van der Waals surface area (Å²) >= 11 is 1.20. The number of thiazole rings is 1. The van der Waals surface area contributed by atoms with Gasteiger partial charge < -0.3 is 19.2 Å². The van der Waals surface area contributed by atoms with Crippen molar-refractivity contribution in [3.8, 4) is 29.6 Å². The smallest absolute Gasteiger partial charge is 0.266 e. The number of methoxy groups -OCH3 is 1. The molecule has 3 aromatic rings. The van der Waals surface area contributed by atoms with Crippen molar-refractivity contribution in [3.63, 3.8) is 0 Å². The van der Waals surface area contributed by atoms with Gasteiger partial charge in [-0.3, -0.25) is 9.59 Å². The topological polar surface area (TPSA) is 77.6 Å². The molecule has 0 atom stereocenters. The van der Waals surface area contributed by atoms with E-state index in [0.29, 0.717) is 38.6 Å². The number of hydrogen-bond donors (Lipinski definition) is 1. The Hall–Kier alpha value is -3.76. The van der Waals surface area contributed by atoms with Gasteiger partial charge in [-0.05, 0) is 55.0 Å². The summed E-state index contributed by atoms with van der Waals surface area (Å²) in [5.41, 5.74) is 0.991. The van der Waals surface area contributed by atoms with Gasteiger partial charge >= 0.3 is 0 Å². The Labute approximate surface area is 183 Å². The van der Waals surface area contributed by atoms with E-state index >= 15 is 0 Å². The predicted molar refractivity (Wildman–Crippen MR) is 121 cm³/mol. The van der Waals surface area contributed by atoms with Crippen LogP contribution in [0.3, 0.4) is 0 Å². The summed E-state index contributed by atoms with van der Waals surface area (Å²) in [6.07, 6.45) is 8.38. The Kier molecular flexibility index (Phi) is 7.31. The van der Waals surface area contributed by atoms with Crippen molar-refractivity contribution in [3.05, 3.63) is 73.1 Å². The molecule has 1 aromatic heterocycles. The molecule has 0 spiro atoms. The van der Waals surface area contributed by atoms with Gasteiger partial charge in [0, 0.05) is 11.6 Å². The molecule has 3 rings (SSSR count). The van der Waals surface area contributed by atoms with Crippen LogP contribution in [0.5, 0.6) is 17.2 Å². The van der Waals surface area contributed by atoms with E-state index in [0.717, 1.165) is 5.56 Å². The van der Waals surface area contributed by atoms with Crippen LogP contribution in [0.4, 0.5) is 0 Å². The van der Waals surface area contributed by atoms with Crippen LogP contribution in [0, 0.1) is 12.3 Å². The fraction of sp³-hybridized carbons (Fsp3) is 0.167. The van der Waals surface area contributed by atoms with E-state index in [4.69, 9.17) is 20.6 Å². The molecule has 2 aromatic carbocycles. The summed E-state index contributed by atoms with van der Waals surface area (Å²) in [5, 5.41) is 0. The number of benzene rings is 2. The number of hydrogen-bond acceptors (Lipinski definition) is 6. The highest BCUT2D eigenvalue weighted by atomic mass is 32.1. The lowest BCUT2D eigenvalue weighted by molar-refractivity contribution is 0.106. The molecule has 31 heavy (non-hydrogen) atoms. The lowest BCUT2D eigenvalue weighted by atomic mass is 10.1. The molecule has 1 N–H and O–H groups in total. The largest absolute Gasteiger partial charge is 0.497 e. The lowest BCUT2D eigenvalue weighted by Gasteiger charge is -2.10. The molecule has 0 radical (unpaired) electrons. The summed E-state index contributed by atoms with van der Waals surface area (Å²) in [5.74, 6) is 3.96. The molecule has 6 nitrogen and oxygen atoms in total. The second-order valence-corrected chi connectivity index (χ2v) is 7.38. The van der Waals surface area contributed by atoms with Gasteiger partial charge in [-0.1, -0.05) is 12.0 Å². The minimum atomic E-state index is -0.274. The van der Waals surface area contributed by atoms with E-state index in [9.17, 15) is 9.59 Å². The third kappa shape index (κ3) is 5.65. The number of H-pyrrole nitrogens is 1. The Balaban J connectivity index is 1.91. The van der Waals surface area contributed by atoms with Gasteiger partial charge in [-0.25, -0.2) is 0 Å². The second kappa shape index (κ2) is 10.3. The first-order chi connectivity index (χ1) is 15.0. The normalized spacial score (nSPS) is 11.8. The van der Waals surface area contributed by atoms with Gasteiger partial charge in [0.1, 0.15) is 12.4 Å². The second-order valence-electron chi connectivity index (χ2n) is 6.30. The maximum absolute atomic E-state index is 12.5. The van der Waals surface area contributed by atoms with E-state index in [-0.39, 0.29) is 17.9 Å². The number of ketones is 1. The van der Waals surface area contributed by atoms with Crippen molar-refractivity contribution >= 4 is 29.3 Å². The van der Waals surface area contributed by atoms with Crippen LogP contribution in [0.25, 0.3) is 12.2 Å². The van der Waals surface area contributed by atoms with Crippen LogP contribution in [0.15, 0.2) is 47.3 Å². The molecule has 7 heteroatoms. The maximum Gasteiger partial charge on any atom is 0.266 e. The molecule has 0 aliphatic carbocycles. The number of terminal acetylenes is 1. The fourth-order valence-corrected chi connectivity index (χ4v) is 3.64. The van der Waals surface area contributed by atoms with E-state index in [1.807, 2.05) is 6.92 Å². The molecule has 0 aliphatic rings. The van der Waals surface area contributed by atoms with Crippen molar-refractivity contribution in [2.24, 2.45) is 0 Å². The maximum atomic E-state index is 12.5. The molecule has 0 saturated heterocycles.